The van der Waals surface area contributed by atoms with E-state index in [-0.39, 0.29) is 5.89 Å². The number of aromatic nitrogens is 1. The van der Waals surface area contributed by atoms with E-state index < -0.39 is 5.97 Å². The van der Waals surface area contributed by atoms with Crippen LogP contribution >= 0.6 is 11.6 Å². The van der Waals surface area contributed by atoms with Gasteiger partial charge in [-0.2, -0.15) is 0 Å². The van der Waals surface area contributed by atoms with Crippen LogP contribution in [-0.4, -0.2) is 17.5 Å². The second-order valence-corrected chi connectivity index (χ2v) is 10.1. The zero-order valence-electron chi connectivity index (χ0n) is 22.2. The van der Waals surface area contributed by atoms with Gasteiger partial charge in [-0.3, -0.25) is 0 Å². The lowest BCUT2D eigenvalue weighted by atomic mass is 9.99. The Balaban J connectivity index is 1.35. The Labute approximate surface area is 237 Å². The molecule has 6 nitrogen and oxygen atoms in total. The van der Waals surface area contributed by atoms with Gasteiger partial charge < -0.3 is 18.8 Å². The van der Waals surface area contributed by atoms with Crippen LogP contribution in [-0.2, 0) is 9.53 Å². The zero-order chi connectivity index (χ0) is 27.6. The minimum atomic E-state index is -0.502. The number of hydrogen-bond donors (Lipinski definition) is 0. The van der Waals surface area contributed by atoms with Crippen molar-refractivity contribution < 1.29 is 18.7 Å². The number of hydrogen-bond acceptors (Lipinski definition) is 6. The molecule has 3 heterocycles. The smallest absolute Gasteiger partial charge is 0.349 e. The number of unbranched alkanes of at least 4 members (excludes halogenated alkanes) is 1. The first-order valence-corrected chi connectivity index (χ1v) is 13.6. The Hall–Kier alpha value is -4.55. The van der Waals surface area contributed by atoms with Gasteiger partial charge in [0.1, 0.15) is 16.8 Å². The fourth-order valence-electron chi connectivity index (χ4n) is 4.80. The van der Waals surface area contributed by atoms with Crippen LogP contribution < -0.4 is 9.64 Å². The van der Waals surface area contributed by atoms with Gasteiger partial charge in [0.2, 0.25) is 11.8 Å². The molecule has 0 fully saturated rings. The molecule has 0 aliphatic carbocycles. The Kier molecular flexibility index (Phi) is 7.01. The van der Waals surface area contributed by atoms with E-state index in [0.717, 1.165) is 42.0 Å². The van der Waals surface area contributed by atoms with Gasteiger partial charge in [-0.1, -0.05) is 73.5 Å². The predicted molar refractivity (Wildman–Crippen MR) is 158 cm³/mol. The van der Waals surface area contributed by atoms with Crippen LogP contribution in [0.15, 0.2) is 107 Å². The molecule has 4 aromatic rings. The Morgan fingerprint density at radius 3 is 2.60 bits per heavy atom. The average molecular weight is 551 g/mol. The van der Waals surface area contributed by atoms with E-state index in [0.29, 0.717) is 38.9 Å². The minimum absolute atomic E-state index is 0.237. The summed E-state index contributed by atoms with van der Waals surface area (Å²) in [6.07, 6.45) is 9.43. The first kappa shape index (κ1) is 25.7. The molecule has 0 saturated heterocycles. The Morgan fingerprint density at radius 1 is 0.950 bits per heavy atom. The number of carbonyl (C=O) groups excluding carboxylic acids is 1. The highest BCUT2D eigenvalue weighted by atomic mass is 35.5. The van der Waals surface area contributed by atoms with Gasteiger partial charge in [0, 0.05) is 17.1 Å². The van der Waals surface area contributed by atoms with Crippen molar-refractivity contribution in [2.24, 2.45) is 0 Å². The highest BCUT2D eigenvalue weighted by Gasteiger charge is 2.35. The molecule has 0 bridgehead atoms. The van der Waals surface area contributed by atoms with Crippen molar-refractivity contribution in [3.63, 3.8) is 0 Å². The molecule has 0 N–H and O–H groups in total. The summed E-state index contributed by atoms with van der Waals surface area (Å²) in [5.41, 5.74) is 5.09. The summed E-state index contributed by atoms with van der Waals surface area (Å²) in [6, 6.07) is 21.0. The summed E-state index contributed by atoms with van der Waals surface area (Å²) in [6.45, 7) is 4.96. The summed E-state index contributed by atoms with van der Waals surface area (Å²) in [5.74, 6) is 1.64. The molecule has 3 aromatic carbocycles. The van der Waals surface area contributed by atoms with Gasteiger partial charge in [0.05, 0.1) is 5.69 Å². The van der Waals surface area contributed by atoms with E-state index in [1.54, 1.807) is 6.08 Å². The zero-order valence-corrected chi connectivity index (χ0v) is 22.9. The highest BCUT2D eigenvalue weighted by Crippen LogP contribution is 2.42. The molecular weight excluding hydrogens is 524 g/mol. The molecule has 2 aliphatic rings. The standard InChI is InChI=1S/C33H27ClN2O4/c1-3-4-18-36-25-20-23(34)15-17-27(25)38-29(36)13-9-8-12-28-30(22-10-6-5-7-11-22)31(33(37)40-28)32-35-24-19-21(2)14-16-26(24)39-32/h5-17,19-20H,3-4,18H2,1-2H3/b9-8+,28-12?,29-13-. The topological polar surface area (TPSA) is 64.8 Å². The van der Waals surface area contributed by atoms with Crippen LogP contribution in [0.5, 0.6) is 5.75 Å². The number of carbonyl (C=O) groups is 1. The average Bonchev–Trinajstić information content (AvgIpc) is 3.62. The van der Waals surface area contributed by atoms with Crippen LogP contribution in [0.1, 0.15) is 36.8 Å². The summed E-state index contributed by atoms with van der Waals surface area (Å²) in [7, 11) is 0. The van der Waals surface area contributed by atoms with Gasteiger partial charge >= 0.3 is 5.97 Å². The molecule has 40 heavy (non-hydrogen) atoms. The van der Waals surface area contributed by atoms with Crippen molar-refractivity contribution in [3.8, 4) is 5.75 Å². The van der Waals surface area contributed by atoms with Crippen LogP contribution in [0.3, 0.4) is 0 Å². The van der Waals surface area contributed by atoms with Crippen LogP contribution in [0, 0.1) is 6.92 Å². The maximum absolute atomic E-state index is 13.2. The molecule has 1 aromatic heterocycles. The molecule has 0 saturated carbocycles. The number of aryl methyl sites for hydroxylation is 1. The van der Waals surface area contributed by atoms with Crippen molar-refractivity contribution in [2.75, 3.05) is 11.4 Å². The number of allylic oxidation sites excluding steroid dienone is 5. The third-order valence-electron chi connectivity index (χ3n) is 6.75. The van der Waals surface area contributed by atoms with E-state index in [9.17, 15) is 4.79 Å². The second kappa shape index (κ2) is 10.9. The Bertz CT molecular complexity index is 1730. The SMILES string of the molecule is CCCCN1/C(=C/C=C/C=C2OC(=O)C(c3nc4cc(C)ccc4o3)=C2c2ccccc2)Oc2ccc(Cl)cc21. The summed E-state index contributed by atoms with van der Waals surface area (Å²) in [5, 5.41) is 0.665. The van der Waals surface area contributed by atoms with E-state index in [1.165, 1.54) is 0 Å². The molecule has 0 spiro atoms. The van der Waals surface area contributed by atoms with Crippen molar-refractivity contribution in [1.29, 1.82) is 0 Å². The molecular formula is C33H27ClN2O4. The number of cyclic esters (lactones) is 1. The predicted octanol–water partition coefficient (Wildman–Crippen LogP) is 8.24. The van der Waals surface area contributed by atoms with Gasteiger partial charge in [-0.25, -0.2) is 9.78 Å². The number of benzene rings is 3. The molecule has 0 radical (unpaired) electrons. The first-order valence-electron chi connectivity index (χ1n) is 13.2. The number of fused-ring (bicyclic) bond motifs is 2. The second-order valence-electron chi connectivity index (χ2n) is 9.64. The monoisotopic (exact) mass is 550 g/mol. The number of halogens is 1. The largest absolute Gasteiger partial charge is 0.439 e. The van der Waals surface area contributed by atoms with Gasteiger partial charge in [0.25, 0.3) is 0 Å². The first-order chi connectivity index (χ1) is 19.5. The van der Waals surface area contributed by atoms with E-state index >= 15 is 0 Å². The minimum Gasteiger partial charge on any atom is -0.439 e. The molecule has 6 rings (SSSR count). The number of anilines is 1. The van der Waals surface area contributed by atoms with Crippen LogP contribution in [0.2, 0.25) is 5.02 Å². The third-order valence-corrected chi connectivity index (χ3v) is 6.98. The third kappa shape index (κ3) is 4.94. The van der Waals surface area contributed by atoms with Crippen molar-refractivity contribution in [1.82, 2.24) is 4.98 Å². The van der Waals surface area contributed by atoms with Crippen LogP contribution in [0.25, 0.3) is 22.2 Å². The summed E-state index contributed by atoms with van der Waals surface area (Å²) in [4.78, 5) is 19.9. The van der Waals surface area contributed by atoms with Crippen LogP contribution in [0.4, 0.5) is 5.69 Å². The lowest BCUT2D eigenvalue weighted by molar-refractivity contribution is -0.131. The fraction of sp³-hybridized carbons (Fsp3) is 0.152. The van der Waals surface area contributed by atoms with Crippen molar-refractivity contribution >= 4 is 45.5 Å². The number of oxazole rings is 1. The lowest BCUT2D eigenvalue weighted by Crippen LogP contribution is -2.21. The molecule has 200 valence electrons. The molecule has 0 unspecified atom stereocenters. The van der Waals surface area contributed by atoms with Gasteiger partial charge in [-0.15, -0.1) is 0 Å². The van der Waals surface area contributed by atoms with E-state index in [2.05, 4.69) is 16.8 Å². The lowest BCUT2D eigenvalue weighted by Gasteiger charge is -2.17. The van der Waals surface area contributed by atoms with Gasteiger partial charge in [-0.05, 0) is 67.0 Å². The van der Waals surface area contributed by atoms with Gasteiger partial charge in [0.15, 0.2) is 11.3 Å². The van der Waals surface area contributed by atoms with E-state index in [4.69, 9.17) is 25.5 Å². The Morgan fingerprint density at radius 2 is 1.77 bits per heavy atom. The highest BCUT2D eigenvalue weighted by molar-refractivity contribution is 6.31. The number of rotatable bonds is 7. The maximum atomic E-state index is 13.2. The van der Waals surface area contributed by atoms with Crippen molar-refractivity contribution in [2.45, 2.75) is 26.7 Å². The summed E-state index contributed by atoms with van der Waals surface area (Å²) < 4.78 is 17.8. The molecule has 0 atom stereocenters. The quantitative estimate of drug-likeness (QED) is 0.216. The number of esters is 1. The number of ether oxygens (including phenoxy) is 2. The summed E-state index contributed by atoms with van der Waals surface area (Å²) >= 11 is 6.25. The van der Waals surface area contributed by atoms with E-state index in [1.807, 2.05) is 91.9 Å². The molecule has 7 heteroatoms. The van der Waals surface area contributed by atoms with Crippen molar-refractivity contribution in [3.05, 3.63) is 125 Å². The molecule has 0 amide bonds. The number of nitrogens with zero attached hydrogens (tertiary/aromatic N) is 2. The maximum Gasteiger partial charge on any atom is 0.349 e. The normalized spacial score (nSPS) is 17.0. The molecule has 2 aliphatic heterocycles. The fourth-order valence-corrected chi connectivity index (χ4v) is 4.97.